The molecule has 220 valence electrons. The van der Waals surface area contributed by atoms with Gasteiger partial charge in [0, 0.05) is 17.6 Å². The molecular weight excluding hydrogens is 552 g/mol. The highest BCUT2D eigenvalue weighted by atomic mass is 32.2. The van der Waals surface area contributed by atoms with Gasteiger partial charge in [0.05, 0.1) is 17.2 Å². The first-order valence-corrected chi connectivity index (χ1v) is 14.5. The molecule has 0 aliphatic rings. The summed E-state index contributed by atoms with van der Waals surface area (Å²) < 4.78 is 62.1. The van der Waals surface area contributed by atoms with Crippen LogP contribution in [0, 0.1) is 11.6 Å². The lowest BCUT2D eigenvalue weighted by Gasteiger charge is -2.33. The minimum atomic E-state index is -4.38. The third-order valence-corrected chi connectivity index (χ3v) is 7.87. The fraction of sp³-hybridized carbons (Fsp3) is 0.333. The third kappa shape index (κ3) is 8.26. The number of anilines is 1. The van der Waals surface area contributed by atoms with Crippen LogP contribution in [0.1, 0.15) is 40.2 Å². The highest BCUT2D eigenvalue weighted by Crippen LogP contribution is 2.27. The van der Waals surface area contributed by atoms with Crippen molar-refractivity contribution in [1.29, 1.82) is 0 Å². The molecule has 0 bridgehead atoms. The van der Waals surface area contributed by atoms with Crippen LogP contribution in [0.4, 0.5) is 14.5 Å². The smallest absolute Gasteiger partial charge is 0.264 e. The van der Waals surface area contributed by atoms with Crippen LogP contribution >= 0.6 is 0 Å². The van der Waals surface area contributed by atoms with E-state index in [1.807, 2.05) is 0 Å². The molecule has 0 aliphatic carbocycles. The van der Waals surface area contributed by atoms with Gasteiger partial charge < -0.3 is 15.0 Å². The van der Waals surface area contributed by atoms with Crippen LogP contribution in [-0.2, 0) is 26.2 Å². The minimum absolute atomic E-state index is 0.142. The molecule has 0 aliphatic heterocycles. The van der Waals surface area contributed by atoms with E-state index in [0.29, 0.717) is 12.4 Å². The van der Waals surface area contributed by atoms with Crippen LogP contribution in [0.25, 0.3) is 0 Å². The van der Waals surface area contributed by atoms with E-state index in [9.17, 15) is 26.8 Å². The summed E-state index contributed by atoms with van der Waals surface area (Å²) >= 11 is 0. The molecule has 3 aromatic carbocycles. The Morgan fingerprint density at radius 3 is 2.12 bits per heavy atom. The van der Waals surface area contributed by atoms with Crippen molar-refractivity contribution in [3.05, 3.63) is 90.0 Å². The predicted molar refractivity (Wildman–Crippen MR) is 153 cm³/mol. The molecule has 11 heteroatoms. The zero-order valence-electron chi connectivity index (χ0n) is 23.7. The molecular formula is C30H35F2N3O5S. The van der Waals surface area contributed by atoms with Crippen LogP contribution in [-0.4, -0.2) is 49.9 Å². The van der Waals surface area contributed by atoms with Crippen molar-refractivity contribution in [3.63, 3.8) is 0 Å². The SMILES string of the molecule is CCOc1ccc(N(CC(=O)N(Cc2ccccc2F)[C@H](C)C(=O)NC(C)(C)C)S(=O)(=O)c2ccc(F)cc2)cc1. The van der Waals surface area contributed by atoms with E-state index in [-0.39, 0.29) is 22.7 Å². The van der Waals surface area contributed by atoms with E-state index in [2.05, 4.69) is 5.32 Å². The van der Waals surface area contributed by atoms with E-state index in [4.69, 9.17) is 4.74 Å². The maximum absolute atomic E-state index is 14.6. The van der Waals surface area contributed by atoms with Gasteiger partial charge in [-0.3, -0.25) is 13.9 Å². The fourth-order valence-electron chi connectivity index (χ4n) is 4.00. The molecule has 0 fully saturated rings. The molecule has 1 atom stereocenters. The van der Waals surface area contributed by atoms with Crippen molar-refractivity contribution in [2.24, 2.45) is 0 Å². The monoisotopic (exact) mass is 587 g/mol. The molecule has 2 amide bonds. The van der Waals surface area contributed by atoms with Gasteiger partial charge in [0.25, 0.3) is 10.0 Å². The summed E-state index contributed by atoms with van der Waals surface area (Å²) in [6.07, 6.45) is 0. The molecule has 8 nitrogen and oxygen atoms in total. The lowest BCUT2D eigenvalue weighted by atomic mass is 10.1. The Hall–Kier alpha value is -3.99. The van der Waals surface area contributed by atoms with Gasteiger partial charge in [0.2, 0.25) is 11.8 Å². The Labute approximate surface area is 240 Å². The Balaban J connectivity index is 2.05. The van der Waals surface area contributed by atoms with Gasteiger partial charge in [-0.05, 0) is 89.2 Å². The van der Waals surface area contributed by atoms with Gasteiger partial charge in [0.1, 0.15) is 30.0 Å². The summed E-state index contributed by atoms with van der Waals surface area (Å²) in [5.41, 5.74) is -0.313. The van der Waals surface area contributed by atoms with E-state index < -0.39 is 51.6 Å². The zero-order valence-corrected chi connectivity index (χ0v) is 24.5. The number of amides is 2. The van der Waals surface area contributed by atoms with Crippen molar-refractivity contribution in [3.8, 4) is 5.75 Å². The van der Waals surface area contributed by atoms with Gasteiger partial charge >= 0.3 is 0 Å². The number of rotatable bonds is 11. The maximum atomic E-state index is 14.6. The number of carbonyl (C=O) groups excluding carboxylic acids is 2. The first-order valence-electron chi connectivity index (χ1n) is 13.1. The average molecular weight is 588 g/mol. The quantitative estimate of drug-likeness (QED) is 0.345. The maximum Gasteiger partial charge on any atom is 0.264 e. The summed E-state index contributed by atoms with van der Waals surface area (Å²) in [5.74, 6) is -1.94. The van der Waals surface area contributed by atoms with Gasteiger partial charge in [0.15, 0.2) is 0 Å². The summed E-state index contributed by atoms with van der Waals surface area (Å²) in [6.45, 7) is 8.05. The minimum Gasteiger partial charge on any atom is -0.494 e. The molecule has 0 radical (unpaired) electrons. The number of hydrogen-bond acceptors (Lipinski definition) is 5. The van der Waals surface area contributed by atoms with E-state index in [0.717, 1.165) is 33.5 Å². The molecule has 3 aromatic rings. The summed E-state index contributed by atoms with van der Waals surface area (Å²) in [5, 5.41) is 2.81. The number of sulfonamides is 1. The van der Waals surface area contributed by atoms with Gasteiger partial charge in [-0.2, -0.15) is 0 Å². The number of benzene rings is 3. The second-order valence-electron chi connectivity index (χ2n) is 10.4. The zero-order chi connectivity index (χ0) is 30.4. The first kappa shape index (κ1) is 31.5. The van der Waals surface area contributed by atoms with Gasteiger partial charge in [-0.1, -0.05) is 18.2 Å². The van der Waals surface area contributed by atoms with Gasteiger partial charge in [-0.25, -0.2) is 17.2 Å². The number of nitrogens with one attached hydrogen (secondary N) is 1. The number of carbonyl (C=O) groups is 2. The number of nitrogens with zero attached hydrogens (tertiary/aromatic N) is 2. The molecule has 3 rings (SSSR count). The molecule has 41 heavy (non-hydrogen) atoms. The first-order chi connectivity index (χ1) is 19.2. The molecule has 0 saturated heterocycles. The van der Waals surface area contributed by atoms with Gasteiger partial charge in [-0.15, -0.1) is 0 Å². The Bertz CT molecular complexity index is 1460. The second kappa shape index (κ2) is 13.1. The van der Waals surface area contributed by atoms with Crippen molar-refractivity contribution in [2.45, 2.75) is 57.6 Å². The number of ether oxygens (including phenoxy) is 1. The number of hydrogen-bond donors (Lipinski definition) is 1. The molecule has 1 N–H and O–H groups in total. The average Bonchev–Trinajstić information content (AvgIpc) is 2.90. The Morgan fingerprint density at radius 1 is 0.951 bits per heavy atom. The molecule has 0 unspecified atom stereocenters. The predicted octanol–water partition coefficient (Wildman–Crippen LogP) is 4.89. The highest BCUT2D eigenvalue weighted by molar-refractivity contribution is 7.92. The summed E-state index contributed by atoms with van der Waals surface area (Å²) in [4.78, 5) is 27.9. The van der Waals surface area contributed by atoms with Crippen LogP contribution in [0.3, 0.4) is 0 Å². The van der Waals surface area contributed by atoms with Crippen molar-refractivity contribution >= 4 is 27.5 Å². The molecule has 0 saturated carbocycles. The van der Waals surface area contributed by atoms with Crippen molar-refractivity contribution < 1.29 is 31.5 Å². The summed E-state index contributed by atoms with van der Waals surface area (Å²) in [7, 11) is -4.38. The van der Waals surface area contributed by atoms with Crippen molar-refractivity contribution in [1.82, 2.24) is 10.2 Å². The fourth-order valence-corrected chi connectivity index (χ4v) is 5.42. The lowest BCUT2D eigenvalue weighted by molar-refractivity contribution is -0.140. The highest BCUT2D eigenvalue weighted by Gasteiger charge is 2.33. The van der Waals surface area contributed by atoms with Crippen LogP contribution < -0.4 is 14.4 Å². The van der Waals surface area contributed by atoms with E-state index >= 15 is 0 Å². The van der Waals surface area contributed by atoms with Crippen LogP contribution in [0.15, 0.2) is 77.7 Å². The third-order valence-electron chi connectivity index (χ3n) is 6.08. The lowest BCUT2D eigenvalue weighted by Crippen LogP contribution is -2.54. The molecule has 0 aromatic heterocycles. The molecule has 0 spiro atoms. The molecule has 0 heterocycles. The van der Waals surface area contributed by atoms with E-state index in [1.54, 1.807) is 45.9 Å². The number of halogens is 2. The van der Waals surface area contributed by atoms with Crippen LogP contribution in [0.2, 0.25) is 0 Å². The normalized spacial score (nSPS) is 12.4. The van der Waals surface area contributed by atoms with E-state index in [1.165, 1.54) is 37.3 Å². The Kier molecular flexibility index (Phi) is 10.1. The van der Waals surface area contributed by atoms with Crippen molar-refractivity contribution in [2.75, 3.05) is 17.5 Å². The standard InChI is InChI=1S/C30H35F2N3O5S/c1-6-40-25-15-13-24(14-16-25)35(41(38,39)26-17-11-23(31)12-18-26)20-28(36)34(19-22-9-7-8-10-27(22)32)21(2)29(37)33-30(3,4)5/h7-18,21H,6,19-20H2,1-5H3,(H,33,37)/t21-/m1/s1. The summed E-state index contributed by atoms with van der Waals surface area (Å²) in [6, 6.07) is 15.1. The topological polar surface area (TPSA) is 96.0 Å². The Morgan fingerprint density at radius 2 is 1.56 bits per heavy atom. The second-order valence-corrected chi connectivity index (χ2v) is 12.3. The van der Waals surface area contributed by atoms with Crippen LogP contribution in [0.5, 0.6) is 5.75 Å². The largest absolute Gasteiger partial charge is 0.494 e.